The van der Waals surface area contributed by atoms with Gasteiger partial charge in [-0.15, -0.1) is 0 Å². The molecular weight excluding hydrogens is 180 g/mol. The van der Waals surface area contributed by atoms with Crippen molar-refractivity contribution < 1.29 is 9.21 Å². The average Bonchev–Trinajstić information content (AvgIpc) is 2.51. The van der Waals surface area contributed by atoms with Crippen LogP contribution in [-0.4, -0.2) is 11.9 Å². The maximum atomic E-state index is 11.3. The number of rotatable bonds is 3. The van der Waals surface area contributed by atoms with E-state index < -0.39 is 6.04 Å². The van der Waals surface area contributed by atoms with Gasteiger partial charge in [0.1, 0.15) is 11.5 Å². The van der Waals surface area contributed by atoms with E-state index in [0.717, 1.165) is 11.5 Å². The lowest BCUT2D eigenvalue weighted by Crippen LogP contribution is -2.39. The van der Waals surface area contributed by atoms with Crippen LogP contribution < -0.4 is 11.1 Å². The first-order valence-electron chi connectivity index (χ1n) is 4.63. The van der Waals surface area contributed by atoms with Crippen LogP contribution in [0.1, 0.15) is 31.4 Å². The van der Waals surface area contributed by atoms with Gasteiger partial charge in [0.2, 0.25) is 5.91 Å². The minimum Gasteiger partial charge on any atom is -0.464 e. The Kier molecular flexibility index (Phi) is 3.30. The summed E-state index contributed by atoms with van der Waals surface area (Å²) in [5.41, 5.74) is 5.42. The van der Waals surface area contributed by atoms with Gasteiger partial charge in [0.05, 0.1) is 12.1 Å². The molecule has 0 fully saturated rings. The first-order chi connectivity index (χ1) is 6.50. The first-order valence-corrected chi connectivity index (χ1v) is 4.63. The minimum atomic E-state index is -0.492. The highest BCUT2D eigenvalue weighted by molar-refractivity contribution is 5.81. The number of nitrogens with two attached hydrogens (primary N) is 1. The molecule has 0 bridgehead atoms. The second-order valence-electron chi connectivity index (χ2n) is 3.47. The van der Waals surface area contributed by atoms with E-state index in [-0.39, 0.29) is 11.9 Å². The average molecular weight is 196 g/mol. The van der Waals surface area contributed by atoms with Gasteiger partial charge in [-0.3, -0.25) is 4.79 Å². The molecule has 0 saturated heterocycles. The van der Waals surface area contributed by atoms with E-state index in [1.54, 1.807) is 6.92 Å². The Hall–Kier alpha value is -1.29. The van der Waals surface area contributed by atoms with Crippen molar-refractivity contribution in [3.8, 4) is 0 Å². The van der Waals surface area contributed by atoms with Gasteiger partial charge < -0.3 is 15.5 Å². The van der Waals surface area contributed by atoms with Crippen molar-refractivity contribution in [1.82, 2.24) is 5.32 Å². The molecule has 1 unspecified atom stereocenters. The lowest BCUT2D eigenvalue weighted by molar-refractivity contribution is -0.122. The highest BCUT2D eigenvalue weighted by Crippen LogP contribution is 2.15. The molecule has 4 heteroatoms. The van der Waals surface area contributed by atoms with Crippen molar-refractivity contribution in [2.45, 2.75) is 32.9 Å². The SMILES string of the molecule is Cc1ccc(C(C)NC(=O)[C@@H](C)N)o1. The molecule has 14 heavy (non-hydrogen) atoms. The number of amides is 1. The molecule has 3 N–H and O–H groups in total. The van der Waals surface area contributed by atoms with E-state index in [1.165, 1.54) is 0 Å². The highest BCUT2D eigenvalue weighted by atomic mass is 16.3. The molecule has 0 spiro atoms. The molecule has 1 aromatic heterocycles. The predicted molar refractivity (Wildman–Crippen MR) is 53.7 cm³/mol. The van der Waals surface area contributed by atoms with Crippen LogP contribution in [0.4, 0.5) is 0 Å². The third-order valence-corrected chi connectivity index (χ3v) is 1.96. The van der Waals surface area contributed by atoms with Crippen LogP contribution in [0.3, 0.4) is 0 Å². The summed E-state index contributed by atoms with van der Waals surface area (Å²) >= 11 is 0. The second kappa shape index (κ2) is 4.28. The van der Waals surface area contributed by atoms with Gasteiger partial charge in [-0.1, -0.05) is 0 Å². The van der Waals surface area contributed by atoms with Crippen molar-refractivity contribution in [1.29, 1.82) is 0 Å². The van der Waals surface area contributed by atoms with Gasteiger partial charge >= 0.3 is 0 Å². The number of aryl methyl sites for hydroxylation is 1. The maximum Gasteiger partial charge on any atom is 0.237 e. The van der Waals surface area contributed by atoms with E-state index in [4.69, 9.17) is 10.2 Å². The largest absolute Gasteiger partial charge is 0.464 e. The molecule has 0 saturated carbocycles. The molecule has 0 radical (unpaired) electrons. The Labute approximate surface area is 83.5 Å². The van der Waals surface area contributed by atoms with Crippen LogP contribution in [-0.2, 0) is 4.79 Å². The third kappa shape index (κ3) is 2.60. The zero-order valence-electron chi connectivity index (χ0n) is 8.70. The van der Waals surface area contributed by atoms with E-state index in [2.05, 4.69) is 5.32 Å². The van der Waals surface area contributed by atoms with Crippen LogP contribution in [0.2, 0.25) is 0 Å². The topological polar surface area (TPSA) is 68.3 Å². The molecule has 2 atom stereocenters. The van der Waals surface area contributed by atoms with Crippen molar-refractivity contribution in [2.75, 3.05) is 0 Å². The molecule has 0 aromatic carbocycles. The Morgan fingerprint density at radius 2 is 2.14 bits per heavy atom. The number of furan rings is 1. The normalized spacial score (nSPS) is 14.9. The van der Waals surface area contributed by atoms with Crippen LogP contribution in [0.15, 0.2) is 16.5 Å². The van der Waals surface area contributed by atoms with Crippen LogP contribution in [0.5, 0.6) is 0 Å². The number of carbonyl (C=O) groups is 1. The molecule has 78 valence electrons. The molecule has 1 heterocycles. The summed E-state index contributed by atoms with van der Waals surface area (Å²) in [6.07, 6.45) is 0. The summed E-state index contributed by atoms with van der Waals surface area (Å²) in [5, 5.41) is 2.75. The summed E-state index contributed by atoms with van der Waals surface area (Å²) in [6, 6.07) is 3.08. The monoisotopic (exact) mass is 196 g/mol. The van der Waals surface area contributed by atoms with Crippen LogP contribution in [0, 0.1) is 6.92 Å². The third-order valence-electron chi connectivity index (χ3n) is 1.96. The maximum absolute atomic E-state index is 11.3. The molecule has 1 aromatic rings. The minimum absolute atomic E-state index is 0.137. The van der Waals surface area contributed by atoms with Crippen molar-refractivity contribution in [2.24, 2.45) is 5.73 Å². The first kappa shape index (κ1) is 10.8. The Balaban J connectivity index is 2.59. The highest BCUT2D eigenvalue weighted by Gasteiger charge is 2.14. The van der Waals surface area contributed by atoms with Crippen molar-refractivity contribution in [3.05, 3.63) is 23.7 Å². The summed E-state index contributed by atoms with van der Waals surface area (Å²) < 4.78 is 5.37. The summed E-state index contributed by atoms with van der Waals surface area (Å²) in [7, 11) is 0. The van der Waals surface area contributed by atoms with E-state index >= 15 is 0 Å². The summed E-state index contributed by atoms with van der Waals surface area (Å²) in [5.74, 6) is 1.41. The number of carbonyl (C=O) groups excluding carboxylic acids is 1. The van der Waals surface area contributed by atoms with Gasteiger partial charge in [0.25, 0.3) is 0 Å². The summed E-state index contributed by atoms with van der Waals surface area (Å²) in [4.78, 5) is 11.3. The summed E-state index contributed by atoms with van der Waals surface area (Å²) in [6.45, 7) is 5.37. The predicted octanol–water partition coefficient (Wildman–Crippen LogP) is 1.11. The van der Waals surface area contributed by atoms with Crippen LogP contribution in [0.25, 0.3) is 0 Å². The fourth-order valence-corrected chi connectivity index (χ4v) is 1.10. The smallest absolute Gasteiger partial charge is 0.237 e. The molecule has 1 amide bonds. The Morgan fingerprint density at radius 1 is 1.50 bits per heavy atom. The van der Waals surface area contributed by atoms with Gasteiger partial charge in [-0.05, 0) is 32.9 Å². The lowest BCUT2D eigenvalue weighted by atomic mass is 10.2. The molecule has 0 aliphatic rings. The fourth-order valence-electron chi connectivity index (χ4n) is 1.10. The van der Waals surface area contributed by atoms with Gasteiger partial charge in [0, 0.05) is 0 Å². The zero-order chi connectivity index (χ0) is 10.7. The van der Waals surface area contributed by atoms with Gasteiger partial charge in [-0.25, -0.2) is 0 Å². The Bertz CT molecular complexity index is 318. The standard InChI is InChI=1S/C10H16N2O2/c1-6-4-5-9(14-6)8(3)12-10(13)7(2)11/h4-5,7-8H,11H2,1-3H3,(H,12,13)/t7-,8?/m1/s1. The van der Waals surface area contributed by atoms with Crippen LogP contribution >= 0.6 is 0 Å². The van der Waals surface area contributed by atoms with Crippen molar-refractivity contribution >= 4 is 5.91 Å². The Morgan fingerprint density at radius 3 is 2.57 bits per heavy atom. The van der Waals surface area contributed by atoms with E-state index in [1.807, 2.05) is 26.0 Å². The second-order valence-corrected chi connectivity index (χ2v) is 3.47. The fraction of sp³-hybridized carbons (Fsp3) is 0.500. The molecule has 0 aliphatic heterocycles. The van der Waals surface area contributed by atoms with Gasteiger partial charge in [0.15, 0.2) is 0 Å². The zero-order valence-corrected chi connectivity index (χ0v) is 8.70. The molecule has 0 aliphatic carbocycles. The number of hydrogen-bond donors (Lipinski definition) is 2. The van der Waals surface area contributed by atoms with Gasteiger partial charge in [-0.2, -0.15) is 0 Å². The quantitative estimate of drug-likeness (QED) is 0.761. The molecule has 4 nitrogen and oxygen atoms in total. The van der Waals surface area contributed by atoms with E-state index in [9.17, 15) is 4.79 Å². The number of nitrogens with one attached hydrogen (secondary N) is 1. The lowest BCUT2D eigenvalue weighted by Gasteiger charge is -2.13. The molecular formula is C10H16N2O2. The molecule has 1 rings (SSSR count). The van der Waals surface area contributed by atoms with Crippen molar-refractivity contribution in [3.63, 3.8) is 0 Å². The number of hydrogen-bond acceptors (Lipinski definition) is 3. The van der Waals surface area contributed by atoms with E-state index in [0.29, 0.717) is 0 Å².